The quantitative estimate of drug-likeness (QED) is 0.898. The van der Waals surface area contributed by atoms with E-state index < -0.39 is 0 Å². The lowest BCUT2D eigenvalue weighted by Gasteiger charge is -2.33. The largest absolute Gasteiger partial charge is 0.371 e. The SMILES string of the molecule is Cc1ccc(C2OCCCC2NC(=O)C[C@@H]2CCC[C@H]2N)cc1. The molecule has 2 unspecified atom stereocenters. The second-order valence-electron chi connectivity index (χ2n) is 7.08. The maximum absolute atomic E-state index is 12.4. The smallest absolute Gasteiger partial charge is 0.220 e. The van der Waals surface area contributed by atoms with Crippen LogP contribution in [-0.2, 0) is 9.53 Å². The molecule has 0 radical (unpaired) electrons. The van der Waals surface area contributed by atoms with Gasteiger partial charge in [-0.05, 0) is 44.1 Å². The molecule has 1 saturated carbocycles. The summed E-state index contributed by atoms with van der Waals surface area (Å²) < 4.78 is 5.97. The van der Waals surface area contributed by atoms with Crippen LogP contribution in [0.3, 0.4) is 0 Å². The highest BCUT2D eigenvalue weighted by molar-refractivity contribution is 5.76. The first-order valence-electron chi connectivity index (χ1n) is 8.86. The molecule has 0 aromatic heterocycles. The van der Waals surface area contributed by atoms with Crippen LogP contribution in [0.25, 0.3) is 0 Å². The van der Waals surface area contributed by atoms with Crippen molar-refractivity contribution in [1.29, 1.82) is 0 Å². The zero-order valence-electron chi connectivity index (χ0n) is 14.0. The normalized spacial score (nSPS) is 31.0. The van der Waals surface area contributed by atoms with Crippen molar-refractivity contribution >= 4 is 5.91 Å². The number of aryl methyl sites for hydroxylation is 1. The monoisotopic (exact) mass is 316 g/mol. The number of carbonyl (C=O) groups is 1. The third kappa shape index (κ3) is 4.12. The van der Waals surface area contributed by atoms with E-state index in [0.29, 0.717) is 12.3 Å². The van der Waals surface area contributed by atoms with Gasteiger partial charge < -0.3 is 15.8 Å². The van der Waals surface area contributed by atoms with Crippen molar-refractivity contribution in [3.05, 3.63) is 35.4 Å². The van der Waals surface area contributed by atoms with Crippen LogP contribution in [0.5, 0.6) is 0 Å². The summed E-state index contributed by atoms with van der Waals surface area (Å²) >= 11 is 0. The van der Waals surface area contributed by atoms with E-state index in [1.54, 1.807) is 0 Å². The van der Waals surface area contributed by atoms with Crippen LogP contribution in [-0.4, -0.2) is 24.6 Å². The van der Waals surface area contributed by atoms with Crippen LogP contribution in [0.4, 0.5) is 0 Å². The van der Waals surface area contributed by atoms with E-state index in [9.17, 15) is 4.79 Å². The van der Waals surface area contributed by atoms with Gasteiger partial charge >= 0.3 is 0 Å². The maximum Gasteiger partial charge on any atom is 0.220 e. The van der Waals surface area contributed by atoms with Gasteiger partial charge in [-0.25, -0.2) is 0 Å². The third-order valence-corrected chi connectivity index (χ3v) is 5.24. The minimum absolute atomic E-state index is 0.0365. The number of hydrogen-bond donors (Lipinski definition) is 2. The van der Waals surface area contributed by atoms with Gasteiger partial charge in [0, 0.05) is 19.1 Å². The average molecular weight is 316 g/mol. The molecule has 126 valence electrons. The molecule has 23 heavy (non-hydrogen) atoms. The molecule has 4 atom stereocenters. The minimum atomic E-state index is -0.0365. The first kappa shape index (κ1) is 16.5. The molecule has 0 spiro atoms. The van der Waals surface area contributed by atoms with Crippen LogP contribution < -0.4 is 11.1 Å². The van der Waals surface area contributed by atoms with Crippen LogP contribution in [0, 0.1) is 12.8 Å². The molecule has 1 aromatic rings. The molecular formula is C19H28N2O2. The van der Waals surface area contributed by atoms with Gasteiger partial charge in [-0.15, -0.1) is 0 Å². The summed E-state index contributed by atoms with van der Waals surface area (Å²) in [6.07, 6.45) is 5.77. The number of nitrogens with two attached hydrogens (primary N) is 1. The van der Waals surface area contributed by atoms with Crippen LogP contribution in [0.2, 0.25) is 0 Å². The third-order valence-electron chi connectivity index (χ3n) is 5.24. The average Bonchev–Trinajstić information content (AvgIpc) is 2.94. The summed E-state index contributed by atoms with van der Waals surface area (Å²) in [4.78, 5) is 12.4. The Kier molecular flexibility index (Phi) is 5.34. The highest BCUT2D eigenvalue weighted by atomic mass is 16.5. The van der Waals surface area contributed by atoms with E-state index in [0.717, 1.165) is 44.3 Å². The van der Waals surface area contributed by atoms with Crippen molar-refractivity contribution in [2.24, 2.45) is 11.7 Å². The minimum Gasteiger partial charge on any atom is -0.371 e. The second-order valence-corrected chi connectivity index (χ2v) is 7.08. The molecule has 1 aromatic carbocycles. The van der Waals surface area contributed by atoms with Gasteiger partial charge in [0.1, 0.15) is 6.10 Å². The number of nitrogens with one attached hydrogen (secondary N) is 1. The van der Waals surface area contributed by atoms with Crippen molar-refractivity contribution in [2.75, 3.05) is 6.61 Å². The fourth-order valence-corrected chi connectivity index (χ4v) is 3.84. The van der Waals surface area contributed by atoms with E-state index >= 15 is 0 Å². The number of amides is 1. The molecule has 3 rings (SSSR count). The number of hydrogen-bond acceptors (Lipinski definition) is 3. The molecule has 1 amide bonds. The van der Waals surface area contributed by atoms with E-state index in [4.69, 9.17) is 10.5 Å². The molecule has 3 N–H and O–H groups in total. The van der Waals surface area contributed by atoms with Gasteiger partial charge in [0.15, 0.2) is 0 Å². The van der Waals surface area contributed by atoms with E-state index in [-0.39, 0.29) is 24.1 Å². The fourth-order valence-electron chi connectivity index (χ4n) is 3.84. The van der Waals surface area contributed by atoms with Gasteiger partial charge in [-0.2, -0.15) is 0 Å². The van der Waals surface area contributed by atoms with Crippen LogP contribution in [0.15, 0.2) is 24.3 Å². The van der Waals surface area contributed by atoms with E-state index in [2.05, 4.69) is 36.5 Å². The highest BCUT2D eigenvalue weighted by Crippen LogP contribution is 2.30. The summed E-state index contributed by atoms with van der Waals surface area (Å²) in [5.74, 6) is 0.470. The Balaban J connectivity index is 1.62. The van der Waals surface area contributed by atoms with E-state index in [1.807, 2.05) is 0 Å². The highest BCUT2D eigenvalue weighted by Gasteiger charge is 2.31. The lowest BCUT2D eigenvalue weighted by Crippen LogP contribution is -2.44. The molecule has 1 aliphatic carbocycles. The Labute approximate surface area is 138 Å². The number of carbonyl (C=O) groups excluding carboxylic acids is 1. The predicted octanol–water partition coefficient (Wildman–Crippen LogP) is 2.85. The Morgan fingerprint density at radius 1 is 1.22 bits per heavy atom. The lowest BCUT2D eigenvalue weighted by molar-refractivity contribution is -0.125. The molecule has 1 aliphatic heterocycles. The summed E-state index contributed by atoms with van der Waals surface area (Å²) in [6, 6.07) is 8.68. The fraction of sp³-hybridized carbons (Fsp3) is 0.632. The Morgan fingerprint density at radius 2 is 2.00 bits per heavy atom. The van der Waals surface area contributed by atoms with Crippen LogP contribution >= 0.6 is 0 Å². The van der Waals surface area contributed by atoms with Gasteiger partial charge in [-0.3, -0.25) is 4.79 Å². The molecular weight excluding hydrogens is 288 g/mol. The van der Waals surface area contributed by atoms with Gasteiger partial charge in [0.05, 0.1) is 6.04 Å². The Morgan fingerprint density at radius 3 is 2.70 bits per heavy atom. The maximum atomic E-state index is 12.4. The first-order chi connectivity index (χ1) is 11.1. The molecule has 1 saturated heterocycles. The standard InChI is InChI=1S/C19H28N2O2/c1-13-7-9-14(10-8-13)19-17(6-3-11-23-19)21-18(22)12-15-4-2-5-16(15)20/h7-10,15-17,19H,2-6,11-12,20H2,1H3,(H,21,22)/t15-,16+,17?,19?/m0/s1. The van der Waals surface area contributed by atoms with Crippen LogP contribution in [0.1, 0.15) is 55.8 Å². The van der Waals surface area contributed by atoms with Crippen molar-refractivity contribution in [2.45, 2.75) is 63.6 Å². The predicted molar refractivity (Wildman–Crippen MR) is 91.0 cm³/mol. The molecule has 2 fully saturated rings. The summed E-state index contributed by atoms with van der Waals surface area (Å²) in [6.45, 7) is 2.84. The zero-order valence-corrected chi connectivity index (χ0v) is 14.0. The first-order valence-corrected chi connectivity index (χ1v) is 8.86. The summed E-state index contributed by atoms with van der Waals surface area (Å²) in [5.41, 5.74) is 8.48. The molecule has 4 nitrogen and oxygen atoms in total. The van der Waals surface area contributed by atoms with Crippen molar-refractivity contribution in [1.82, 2.24) is 5.32 Å². The zero-order chi connectivity index (χ0) is 16.2. The second kappa shape index (κ2) is 7.45. The number of ether oxygens (including phenoxy) is 1. The molecule has 1 heterocycles. The Hall–Kier alpha value is -1.39. The van der Waals surface area contributed by atoms with Crippen molar-refractivity contribution in [3.63, 3.8) is 0 Å². The van der Waals surface area contributed by atoms with E-state index in [1.165, 1.54) is 5.56 Å². The molecule has 2 aliphatic rings. The van der Waals surface area contributed by atoms with Crippen molar-refractivity contribution < 1.29 is 9.53 Å². The number of rotatable bonds is 4. The molecule has 0 bridgehead atoms. The summed E-state index contributed by atoms with van der Waals surface area (Å²) in [5, 5.41) is 3.21. The van der Waals surface area contributed by atoms with Gasteiger partial charge in [-0.1, -0.05) is 36.2 Å². The summed E-state index contributed by atoms with van der Waals surface area (Å²) in [7, 11) is 0. The molecule has 4 heteroatoms. The van der Waals surface area contributed by atoms with Crippen molar-refractivity contribution in [3.8, 4) is 0 Å². The number of benzene rings is 1. The Bertz CT molecular complexity index is 529. The van der Waals surface area contributed by atoms with Gasteiger partial charge in [0.25, 0.3) is 0 Å². The topological polar surface area (TPSA) is 64.3 Å². The lowest BCUT2D eigenvalue weighted by atomic mass is 9.94. The van der Waals surface area contributed by atoms with Gasteiger partial charge in [0.2, 0.25) is 5.91 Å².